The van der Waals surface area contributed by atoms with Gasteiger partial charge < -0.3 is 11.1 Å². The van der Waals surface area contributed by atoms with E-state index in [1.807, 2.05) is 13.0 Å². The molecule has 0 aliphatic heterocycles. The van der Waals surface area contributed by atoms with Crippen LogP contribution in [0.1, 0.15) is 11.1 Å². The molecule has 13 heavy (non-hydrogen) atoms. The first kappa shape index (κ1) is 9.67. The van der Waals surface area contributed by atoms with Gasteiger partial charge in [0.1, 0.15) is 0 Å². The molecule has 1 aromatic rings. The smallest absolute Gasteiger partial charge is 0.231 e. The number of aryl methyl sites for hydroxylation is 1. The van der Waals surface area contributed by atoms with Crippen LogP contribution in [0.3, 0.4) is 0 Å². The number of pyridine rings is 1. The maximum Gasteiger partial charge on any atom is 0.231 e. The Bertz CT molecular complexity index is 299. The van der Waals surface area contributed by atoms with E-state index in [0.29, 0.717) is 6.54 Å². The second kappa shape index (κ2) is 4.57. The average molecular weight is 179 g/mol. The molecule has 4 heteroatoms. The molecular weight excluding hydrogens is 166 g/mol. The number of carbonyl (C=O) groups excluding carboxylic acids is 1. The lowest BCUT2D eigenvalue weighted by atomic mass is 10.1. The lowest BCUT2D eigenvalue weighted by molar-refractivity contribution is -0.117. The van der Waals surface area contributed by atoms with Crippen molar-refractivity contribution < 1.29 is 4.79 Å². The Morgan fingerprint density at radius 2 is 2.46 bits per heavy atom. The molecule has 0 radical (unpaired) electrons. The minimum absolute atomic E-state index is 0.203. The minimum atomic E-state index is -0.346. The van der Waals surface area contributed by atoms with Crippen molar-refractivity contribution in [2.45, 2.75) is 13.5 Å². The van der Waals surface area contributed by atoms with E-state index in [4.69, 9.17) is 5.73 Å². The largest absolute Gasteiger partial charge is 0.369 e. The Labute approximate surface area is 77.2 Å². The lowest BCUT2D eigenvalue weighted by Crippen LogP contribution is -2.28. The van der Waals surface area contributed by atoms with Crippen LogP contribution in [-0.2, 0) is 11.3 Å². The van der Waals surface area contributed by atoms with Gasteiger partial charge >= 0.3 is 0 Å². The zero-order chi connectivity index (χ0) is 9.68. The van der Waals surface area contributed by atoms with Gasteiger partial charge in [0.05, 0.1) is 6.54 Å². The molecule has 1 aromatic heterocycles. The highest BCUT2D eigenvalue weighted by Crippen LogP contribution is 2.03. The number of aromatic nitrogens is 1. The van der Waals surface area contributed by atoms with Crippen LogP contribution in [0.5, 0.6) is 0 Å². The summed E-state index contributed by atoms with van der Waals surface area (Å²) in [6.07, 6.45) is 3.52. The number of rotatable bonds is 4. The molecule has 0 spiro atoms. The number of nitrogens with one attached hydrogen (secondary N) is 1. The fourth-order valence-electron chi connectivity index (χ4n) is 1.00. The molecule has 4 nitrogen and oxygen atoms in total. The van der Waals surface area contributed by atoms with Crippen LogP contribution in [-0.4, -0.2) is 17.4 Å². The van der Waals surface area contributed by atoms with Crippen molar-refractivity contribution in [3.63, 3.8) is 0 Å². The Morgan fingerprint density at radius 1 is 1.69 bits per heavy atom. The van der Waals surface area contributed by atoms with Gasteiger partial charge in [-0.25, -0.2) is 0 Å². The van der Waals surface area contributed by atoms with Crippen LogP contribution in [0.2, 0.25) is 0 Å². The molecule has 0 unspecified atom stereocenters. The third kappa shape index (κ3) is 3.21. The van der Waals surface area contributed by atoms with E-state index in [-0.39, 0.29) is 12.5 Å². The molecule has 0 fully saturated rings. The highest BCUT2D eigenvalue weighted by molar-refractivity contribution is 5.75. The van der Waals surface area contributed by atoms with E-state index >= 15 is 0 Å². The topological polar surface area (TPSA) is 68.0 Å². The second-order valence-corrected chi connectivity index (χ2v) is 2.87. The van der Waals surface area contributed by atoms with Gasteiger partial charge in [-0.3, -0.25) is 9.78 Å². The molecule has 0 saturated carbocycles. The summed E-state index contributed by atoms with van der Waals surface area (Å²) in [5.74, 6) is -0.346. The normalized spacial score (nSPS) is 9.92. The standard InChI is InChI=1S/C9H13N3O/c1-7-2-3-11-4-8(7)5-12-6-9(10)13/h2-4,12H,5-6H2,1H3,(H2,10,13). The highest BCUT2D eigenvalue weighted by Gasteiger charge is 1.97. The average Bonchev–Trinajstić information content (AvgIpc) is 2.08. The lowest BCUT2D eigenvalue weighted by Gasteiger charge is -2.04. The van der Waals surface area contributed by atoms with Gasteiger partial charge in [-0.05, 0) is 24.1 Å². The first-order valence-electron chi connectivity index (χ1n) is 4.08. The van der Waals surface area contributed by atoms with Crippen LogP contribution >= 0.6 is 0 Å². The third-order valence-corrected chi connectivity index (χ3v) is 1.76. The van der Waals surface area contributed by atoms with Gasteiger partial charge in [-0.1, -0.05) is 0 Å². The molecule has 0 aromatic carbocycles. The van der Waals surface area contributed by atoms with Gasteiger partial charge in [0, 0.05) is 18.9 Å². The fourth-order valence-corrected chi connectivity index (χ4v) is 1.00. The van der Waals surface area contributed by atoms with E-state index in [2.05, 4.69) is 10.3 Å². The molecule has 1 rings (SSSR count). The summed E-state index contributed by atoms with van der Waals surface area (Å²) < 4.78 is 0. The first-order valence-corrected chi connectivity index (χ1v) is 4.08. The Balaban J connectivity index is 2.45. The molecule has 0 saturated heterocycles. The first-order chi connectivity index (χ1) is 6.20. The fraction of sp³-hybridized carbons (Fsp3) is 0.333. The quantitative estimate of drug-likeness (QED) is 0.681. The molecule has 0 bridgehead atoms. The maximum atomic E-state index is 10.4. The number of carbonyl (C=O) groups is 1. The summed E-state index contributed by atoms with van der Waals surface area (Å²) in [7, 11) is 0. The Kier molecular flexibility index (Phi) is 3.40. The summed E-state index contributed by atoms with van der Waals surface area (Å²) in [6.45, 7) is 2.83. The van der Waals surface area contributed by atoms with Gasteiger partial charge in [0.15, 0.2) is 0 Å². The Hall–Kier alpha value is -1.42. The van der Waals surface area contributed by atoms with Gasteiger partial charge in [0.25, 0.3) is 0 Å². The van der Waals surface area contributed by atoms with E-state index < -0.39 is 0 Å². The molecular formula is C9H13N3O. The molecule has 0 atom stereocenters. The van der Waals surface area contributed by atoms with Gasteiger partial charge in [0.2, 0.25) is 5.91 Å². The second-order valence-electron chi connectivity index (χ2n) is 2.87. The summed E-state index contributed by atoms with van der Waals surface area (Å²) in [6, 6.07) is 1.93. The van der Waals surface area contributed by atoms with Crippen molar-refractivity contribution in [1.29, 1.82) is 0 Å². The van der Waals surface area contributed by atoms with Crippen LogP contribution in [0, 0.1) is 6.92 Å². The summed E-state index contributed by atoms with van der Waals surface area (Å²) in [5.41, 5.74) is 7.22. The van der Waals surface area contributed by atoms with Crippen LogP contribution < -0.4 is 11.1 Å². The molecule has 3 N–H and O–H groups in total. The SMILES string of the molecule is Cc1ccncc1CNCC(N)=O. The highest BCUT2D eigenvalue weighted by atomic mass is 16.1. The predicted molar refractivity (Wildman–Crippen MR) is 49.9 cm³/mol. The van der Waals surface area contributed by atoms with Gasteiger partial charge in [-0.2, -0.15) is 0 Å². The van der Waals surface area contributed by atoms with Crippen LogP contribution in [0.15, 0.2) is 18.5 Å². The zero-order valence-corrected chi connectivity index (χ0v) is 7.58. The van der Waals surface area contributed by atoms with Crippen molar-refractivity contribution in [1.82, 2.24) is 10.3 Å². The summed E-state index contributed by atoms with van der Waals surface area (Å²) in [4.78, 5) is 14.4. The number of amides is 1. The number of nitrogens with zero attached hydrogens (tertiary/aromatic N) is 1. The summed E-state index contributed by atoms with van der Waals surface area (Å²) in [5, 5.41) is 2.93. The molecule has 70 valence electrons. The maximum absolute atomic E-state index is 10.4. The number of primary amides is 1. The molecule has 0 aliphatic rings. The minimum Gasteiger partial charge on any atom is -0.369 e. The number of nitrogens with two attached hydrogens (primary N) is 1. The zero-order valence-electron chi connectivity index (χ0n) is 7.58. The predicted octanol–water partition coefficient (Wildman–Crippen LogP) is -0.0351. The van der Waals surface area contributed by atoms with Gasteiger partial charge in [-0.15, -0.1) is 0 Å². The van der Waals surface area contributed by atoms with Crippen LogP contribution in [0.4, 0.5) is 0 Å². The molecule has 1 heterocycles. The van der Waals surface area contributed by atoms with Crippen molar-refractivity contribution in [3.05, 3.63) is 29.6 Å². The number of hydrogen-bond acceptors (Lipinski definition) is 3. The monoisotopic (exact) mass is 179 g/mol. The van der Waals surface area contributed by atoms with Crippen molar-refractivity contribution >= 4 is 5.91 Å². The van der Waals surface area contributed by atoms with Crippen molar-refractivity contribution in [3.8, 4) is 0 Å². The van der Waals surface area contributed by atoms with E-state index in [0.717, 1.165) is 11.1 Å². The van der Waals surface area contributed by atoms with Crippen molar-refractivity contribution in [2.75, 3.05) is 6.54 Å². The van der Waals surface area contributed by atoms with Crippen molar-refractivity contribution in [2.24, 2.45) is 5.73 Å². The van der Waals surface area contributed by atoms with E-state index in [9.17, 15) is 4.79 Å². The van der Waals surface area contributed by atoms with E-state index in [1.54, 1.807) is 12.4 Å². The number of hydrogen-bond donors (Lipinski definition) is 2. The molecule has 1 amide bonds. The summed E-state index contributed by atoms with van der Waals surface area (Å²) >= 11 is 0. The molecule has 0 aliphatic carbocycles. The van der Waals surface area contributed by atoms with Crippen LogP contribution in [0.25, 0.3) is 0 Å². The Morgan fingerprint density at radius 3 is 3.08 bits per heavy atom. The van der Waals surface area contributed by atoms with E-state index in [1.165, 1.54) is 0 Å². The third-order valence-electron chi connectivity index (χ3n) is 1.76.